The van der Waals surface area contributed by atoms with E-state index in [0.717, 1.165) is 42.4 Å². The average Bonchev–Trinajstić information content (AvgIpc) is 2.41. The van der Waals surface area contributed by atoms with Gasteiger partial charge in [-0.1, -0.05) is 36.8 Å². The quantitative estimate of drug-likeness (QED) is 0.877. The molecule has 1 aliphatic carbocycles. The van der Waals surface area contributed by atoms with E-state index in [1.54, 1.807) is 6.92 Å². The number of aliphatic carboxylic acids is 1. The molecule has 1 aliphatic rings. The smallest absolute Gasteiger partial charge is 0.310 e. The maximum absolute atomic E-state index is 10.9. The molecule has 2 rings (SSSR count). The molecule has 0 aliphatic heterocycles. The van der Waals surface area contributed by atoms with Gasteiger partial charge in [0.1, 0.15) is 0 Å². The highest BCUT2D eigenvalue weighted by atomic mass is 16.4. The molecular weight excluding hydrogens is 240 g/mol. The molecule has 0 heterocycles. The fraction of sp³-hybridized carbons (Fsp3) is 0.438. The van der Waals surface area contributed by atoms with E-state index < -0.39 is 11.9 Å². The Labute approximate surface area is 113 Å². The van der Waals surface area contributed by atoms with Crippen molar-refractivity contribution in [1.82, 2.24) is 0 Å². The number of carboxylic acid groups (broad SMARTS) is 1. The van der Waals surface area contributed by atoms with E-state index in [0.29, 0.717) is 0 Å². The standard InChI is InChI=1S/C16H20O3/c1-11(16(18)19)13-8-6-12(7-9-13)10-14-4-2-3-5-15(14)17/h6-11,15,17H,2-5H2,1H3,(H,18,19)/b14-10+. The first-order chi connectivity index (χ1) is 9.08. The molecule has 0 aromatic heterocycles. The lowest BCUT2D eigenvalue weighted by Crippen LogP contribution is -2.14. The van der Waals surface area contributed by atoms with Crippen LogP contribution in [0.4, 0.5) is 0 Å². The number of benzene rings is 1. The minimum absolute atomic E-state index is 0.314. The third-order valence-electron chi connectivity index (χ3n) is 3.78. The molecule has 0 amide bonds. The van der Waals surface area contributed by atoms with Crippen LogP contribution >= 0.6 is 0 Å². The molecule has 0 saturated heterocycles. The van der Waals surface area contributed by atoms with Gasteiger partial charge in [-0.05, 0) is 42.9 Å². The highest BCUT2D eigenvalue weighted by molar-refractivity contribution is 5.75. The van der Waals surface area contributed by atoms with Crippen LogP contribution in [0.5, 0.6) is 0 Å². The van der Waals surface area contributed by atoms with Gasteiger partial charge in [0.15, 0.2) is 0 Å². The normalized spacial score (nSPS) is 23.3. The summed E-state index contributed by atoms with van der Waals surface area (Å²) >= 11 is 0. The van der Waals surface area contributed by atoms with Crippen LogP contribution in [0, 0.1) is 0 Å². The Balaban J connectivity index is 2.14. The molecule has 3 heteroatoms. The second-order valence-electron chi connectivity index (χ2n) is 5.21. The molecule has 1 aromatic rings. The highest BCUT2D eigenvalue weighted by Crippen LogP contribution is 2.26. The molecule has 3 nitrogen and oxygen atoms in total. The first kappa shape index (κ1) is 13.8. The van der Waals surface area contributed by atoms with E-state index in [4.69, 9.17) is 5.11 Å². The fourth-order valence-electron chi connectivity index (χ4n) is 2.42. The summed E-state index contributed by atoms with van der Waals surface area (Å²) in [5.41, 5.74) is 2.92. The number of rotatable bonds is 3. The topological polar surface area (TPSA) is 57.5 Å². The van der Waals surface area contributed by atoms with Gasteiger partial charge in [0.05, 0.1) is 12.0 Å². The van der Waals surface area contributed by atoms with Gasteiger partial charge in [0.2, 0.25) is 0 Å². The van der Waals surface area contributed by atoms with E-state index in [-0.39, 0.29) is 6.10 Å². The Kier molecular flexibility index (Phi) is 4.38. The van der Waals surface area contributed by atoms with Gasteiger partial charge < -0.3 is 10.2 Å². The van der Waals surface area contributed by atoms with Crippen molar-refractivity contribution >= 4 is 12.0 Å². The van der Waals surface area contributed by atoms with Crippen LogP contribution in [0.1, 0.15) is 49.7 Å². The number of carboxylic acids is 1. The summed E-state index contributed by atoms with van der Waals surface area (Å²) in [4.78, 5) is 10.9. The largest absolute Gasteiger partial charge is 0.481 e. The van der Waals surface area contributed by atoms with Gasteiger partial charge in [0, 0.05) is 0 Å². The summed E-state index contributed by atoms with van der Waals surface area (Å²) < 4.78 is 0. The lowest BCUT2D eigenvalue weighted by molar-refractivity contribution is -0.138. The Morgan fingerprint density at radius 3 is 2.58 bits per heavy atom. The van der Waals surface area contributed by atoms with Crippen LogP contribution in [0.2, 0.25) is 0 Å². The Morgan fingerprint density at radius 1 is 1.32 bits per heavy atom. The molecule has 0 bridgehead atoms. The fourth-order valence-corrected chi connectivity index (χ4v) is 2.42. The SMILES string of the molecule is CC(C(=O)O)c1ccc(/C=C2\CCCCC2O)cc1. The molecule has 0 radical (unpaired) electrons. The Hall–Kier alpha value is -1.61. The minimum Gasteiger partial charge on any atom is -0.481 e. The molecule has 1 fully saturated rings. The van der Waals surface area contributed by atoms with Crippen LogP contribution in [-0.4, -0.2) is 22.3 Å². The summed E-state index contributed by atoms with van der Waals surface area (Å²) in [7, 11) is 0. The zero-order valence-corrected chi connectivity index (χ0v) is 11.2. The Morgan fingerprint density at radius 2 is 2.00 bits per heavy atom. The monoisotopic (exact) mass is 260 g/mol. The maximum atomic E-state index is 10.9. The van der Waals surface area contributed by atoms with Gasteiger partial charge >= 0.3 is 5.97 Å². The number of carbonyl (C=O) groups is 1. The van der Waals surface area contributed by atoms with Gasteiger partial charge in [-0.25, -0.2) is 0 Å². The van der Waals surface area contributed by atoms with Crippen molar-refractivity contribution in [2.45, 2.75) is 44.6 Å². The molecule has 2 atom stereocenters. The first-order valence-corrected chi connectivity index (χ1v) is 6.79. The van der Waals surface area contributed by atoms with Crippen molar-refractivity contribution in [2.24, 2.45) is 0 Å². The van der Waals surface area contributed by atoms with Crippen molar-refractivity contribution in [3.8, 4) is 0 Å². The van der Waals surface area contributed by atoms with Crippen molar-refractivity contribution in [2.75, 3.05) is 0 Å². The average molecular weight is 260 g/mol. The van der Waals surface area contributed by atoms with Crippen molar-refractivity contribution < 1.29 is 15.0 Å². The molecule has 2 N–H and O–H groups in total. The molecule has 102 valence electrons. The second kappa shape index (κ2) is 6.02. The van der Waals surface area contributed by atoms with Crippen LogP contribution in [0.25, 0.3) is 6.08 Å². The molecule has 1 aromatic carbocycles. The number of hydrogen-bond acceptors (Lipinski definition) is 2. The van der Waals surface area contributed by atoms with Gasteiger partial charge in [-0.2, -0.15) is 0 Å². The summed E-state index contributed by atoms with van der Waals surface area (Å²) in [6, 6.07) is 7.53. The molecular formula is C16H20O3. The molecule has 1 saturated carbocycles. The third kappa shape index (κ3) is 3.44. The maximum Gasteiger partial charge on any atom is 0.310 e. The Bertz CT molecular complexity index is 473. The zero-order valence-electron chi connectivity index (χ0n) is 11.2. The van der Waals surface area contributed by atoms with E-state index in [1.807, 2.05) is 30.3 Å². The van der Waals surface area contributed by atoms with Crippen LogP contribution < -0.4 is 0 Å². The minimum atomic E-state index is -0.811. The van der Waals surface area contributed by atoms with Crippen molar-refractivity contribution in [3.63, 3.8) is 0 Å². The lowest BCUT2D eigenvalue weighted by Gasteiger charge is -2.20. The van der Waals surface area contributed by atoms with Crippen LogP contribution in [0.3, 0.4) is 0 Å². The van der Waals surface area contributed by atoms with Gasteiger partial charge in [0.25, 0.3) is 0 Å². The number of aliphatic hydroxyl groups excluding tert-OH is 1. The lowest BCUT2D eigenvalue weighted by atomic mass is 9.90. The predicted octanol–water partition coefficient (Wildman–Crippen LogP) is 3.19. The summed E-state index contributed by atoms with van der Waals surface area (Å²) in [6.45, 7) is 1.68. The number of aliphatic hydroxyl groups is 1. The highest BCUT2D eigenvalue weighted by Gasteiger charge is 2.16. The summed E-state index contributed by atoms with van der Waals surface area (Å²) in [6.07, 6.45) is 5.74. The summed E-state index contributed by atoms with van der Waals surface area (Å²) in [5, 5.41) is 18.9. The van der Waals surface area contributed by atoms with E-state index in [9.17, 15) is 9.90 Å². The number of hydrogen-bond donors (Lipinski definition) is 2. The van der Waals surface area contributed by atoms with Gasteiger partial charge in [-0.15, -0.1) is 0 Å². The van der Waals surface area contributed by atoms with Crippen LogP contribution in [0.15, 0.2) is 29.8 Å². The predicted molar refractivity (Wildman–Crippen MR) is 74.9 cm³/mol. The first-order valence-electron chi connectivity index (χ1n) is 6.79. The van der Waals surface area contributed by atoms with Crippen molar-refractivity contribution in [3.05, 3.63) is 41.0 Å². The van der Waals surface area contributed by atoms with Crippen molar-refractivity contribution in [1.29, 1.82) is 0 Å². The van der Waals surface area contributed by atoms with Crippen LogP contribution in [-0.2, 0) is 4.79 Å². The third-order valence-corrected chi connectivity index (χ3v) is 3.78. The molecule has 0 spiro atoms. The molecule has 2 unspecified atom stereocenters. The zero-order chi connectivity index (χ0) is 13.8. The van der Waals surface area contributed by atoms with E-state index >= 15 is 0 Å². The van der Waals surface area contributed by atoms with E-state index in [2.05, 4.69) is 0 Å². The summed E-state index contributed by atoms with van der Waals surface area (Å²) in [5.74, 6) is -1.30. The second-order valence-corrected chi connectivity index (χ2v) is 5.21. The molecule has 19 heavy (non-hydrogen) atoms. The van der Waals surface area contributed by atoms with Gasteiger partial charge in [-0.3, -0.25) is 4.79 Å². The van der Waals surface area contributed by atoms with E-state index in [1.165, 1.54) is 0 Å².